The second-order valence-corrected chi connectivity index (χ2v) is 5.13. The van der Waals surface area contributed by atoms with Crippen LogP contribution in [0, 0.1) is 0 Å². The van der Waals surface area contributed by atoms with Crippen molar-refractivity contribution >= 4 is 0 Å². The van der Waals surface area contributed by atoms with E-state index in [0.717, 1.165) is 0 Å². The molecule has 1 heterocycles. The van der Waals surface area contributed by atoms with E-state index >= 15 is 0 Å². The van der Waals surface area contributed by atoms with Crippen molar-refractivity contribution in [3.8, 4) is 0 Å². The summed E-state index contributed by atoms with van der Waals surface area (Å²) in [5.74, 6) is 0. The number of rotatable bonds is 5. The summed E-state index contributed by atoms with van der Waals surface area (Å²) in [5, 5.41) is 0. The van der Waals surface area contributed by atoms with Gasteiger partial charge < -0.3 is 9.80 Å². The molecule has 0 amide bonds. The number of nitrogens with zero attached hydrogens (tertiary/aromatic N) is 3. The minimum atomic E-state index is 0.717. The van der Waals surface area contributed by atoms with E-state index in [1.165, 1.54) is 45.7 Å². The van der Waals surface area contributed by atoms with Crippen LogP contribution in [0.25, 0.3) is 0 Å². The molecule has 3 heteroatoms. The molecule has 0 unspecified atom stereocenters. The highest BCUT2D eigenvalue weighted by Crippen LogP contribution is 2.06. The van der Waals surface area contributed by atoms with E-state index in [-0.39, 0.29) is 0 Å². The number of piperazine rings is 1. The van der Waals surface area contributed by atoms with Crippen LogP contribution in [0.4, 0.5) is 0 Å². The molecule has 1 rings (SSSR count). The summed E-state index contributed by atoms with van der Waals surface area (Å²) < 4.78 is 0. The monoisotopic (exact) mass is 213 g/mol. The first-order chi connectivity index (χ1) is 7.09. The fourth-order valence-electron chi connectivity index (χ4n) is 2.11. The van der Waals surface area contributed by atoms with Gasteiger partial charge in [-0.25, -0.2) is 0 Å². The van der Waals surface area contributed by atoms with Crippen LogP contribution in [0.2, 0.25) is 0 Å². The van der Waals surface area contributed by atoms with Crippen molar-refractivity contribution in [2.45, 2.75) is 26.3 Å². The van der Waals surface area contributed by atoms with Crippen molar-refractivity contribution in [2.24, 2.45) is 0 Å². The van der Waals surface area contributed by atoms with E-state index in [2.05, 4.69) is 42.6 Å². The Hall–Kier alpha value is -0.120. The summed E-state index contributed by atoms with van der Waals surface area (Å²) in [5.41, 5.74) is 0. The zero-order valence-corrected chi connectivity index (χ0v) is 10.9. The van der Waals surface area contributed by atoms with Crippen molar-refractivity contribution in [3.63, 3.8) is 0 Å². The van der Waals surface area contributed by atoms with Crippen LogP contribution < -0.4 is 0 Å². The molecule has 3 nitrogen and oxygen atoms in total. The molecule has 0 atom stereocenters. The molecule has 0 aliphatic carbocycles. The summed E-state index contributed by atoms with van der Waals surface area (Å²) >= 11 is 0. The highest BCUT2D eigenvalue weighted by molar-refractivity contribution is 4.74. The molecule has 0 radical (unpaired) electrons. The van der Waals surface area contributed by atoms with Crippen molar-refractivity contribution < 1.29 is 0 Å². The molecule has 0 saturated carbocycles. The number of hydrogen-bond acceptors (Lipinski definition) is 3. The Morgan fingerprint density at radius 2 is 1.67 bits per heavy atom. The molecule has 0 bridgehead atoms. The van der Waals surface area contributed by atoms with E-state index in [9.17, 15) is 0 Å². The van der Waals surface area contributed by atoms with E-state index < -0.39 is 0 Å². The topological polar surface area (TPSA) is 9.72 Å². The molecule has 90 valence electrons. The fraction of sp³-hybridized carbons (Fsp3) is 1.00. The van der Waals surface area contributed by atoms with Crippen LogP contribution >= 0.6 is 0 Å². The van der Waals surface area contributed by atoms with Gasteiger partial charge in [0.2, 0.25) is 0 Å². The third-order valence-electron chi connectivity index (χ3n) is 3.22. The molecular formula is C12H27N3. The van der Waals surface area contributed by atoms with Gasteiger partial charge in [-0.2, -0.15) is 0 Å². The van der Waals surface area contributed by atoms with Crippen molar-refractivity contribution in [1.29, 1.82) is 0 Å². The standard InChI is InChI=1S/C12H27N3/c1-12(2)15-10-8-14(9-11-15)7-5-6-13(3)4/h12H,5-11H2,1-4H3. The Morgan fingerprint density at radius 1 is 1.07 bits per heavy atom. The van der Waals surface area contributed by atoms with Gasteiger partial charge in [0.15, 0.2) is 0 Å². The second kappa shape index (κ2) is 6.46. The lowest BCUT2D eigenvalue weighted by molar-refractivity contribution is 0.106. The Kier molecular flexibility index (Phi) is 5.58. The average molecular weight is 213 g/mol. The summed E-state index contributed by atoms with van der Waals surface area (Å²) in [6.07, 6.45) is 1.30. The van der Waals surface area contributed by atoms with E-state index in [1.54, 1.807) is 0 Å². The molecule has 15 heavy (non-hydrogen) atoms. The van der Waals surface area contributed by atoms with Gasteiger partial charge >= 0.3 is 0 Å². The Morgan fingerprint density at radius 3 is 2.13 bits per heavy atom. The maximum atomic E-state index is 2.60. The average Bonchev–Trinajstić information content (AvgIpc) is 2.18. The van der Waals surface area contributed by atoms with Crippen LogP contribution in [0.5, 0.6) is 0 Å². The predicted octanol–water partition coefficient (Wildman–Crippen LogP) is 0.964. The fourth-order valence-corrected chi connectivity index (χ4v) is 2.11. The van der Waals surface area contributed by atoms with Gasteiger partial charge in [-0.05, 0) is 47.5 Å². The van der Waals surface area contributed by atoms with Gasteiger partial charge in [0.1, 0.15) is 0 Å². The summed E-state index contributed by atoms with van der Waals surface area (Å²) in [7, 11) is 4.30. The third-order valence-corrected chi connectivity index (χ3v) is 3.22. The minimum Gasteiger partial charge on any atom is -0.309 e. The maximum Gasteiger partial charge on any atom is 0.0113 e. The molecule has 1 aliphatic heterocycles. The van der Waals surface area contributed by atoms with Gasteiger partial charge in [-0.15, -0.1) is 0 Å². The van der Waals surface area contributed by atoms with E-state index in [1.807, 2.05) is 0 Å². The first-order valence-electron chi connectivity index (χ1n) is 6.20. The Bertz CT molecular complexity index is 157. The van der Waals surface area contributed by atoms with E-state index in [0.29, 0.717) is 6.04 Å². The van der Waals surface area contributed by atoms with Crippen LogP contribution in [0.15, 0.2) is 0 Å². The maximum absolute atomic E-state index is 2.60. The summed E-state index contributed by atoms with van der Waals surface area (Å²) in [4.78, 5) is 7.44. The van der Waals surface area contributed by atoms with Gasteiger partial charge in [0, 0.05) is 32.2 Å². The highest BCUT2D eigenvalue weighted by Gasteiger charge is 2.17. The molecule has 0 aromatic rings. The van der Waals surface area contributed by atoms with Crippen LogP contribution in [-0.2, 0) is 0 Å². The predicted molar refractivity (Wildman–Crippen MR) is 66.3 cm³/mol. The van der Waals surface area contributed by atoms with Crippen LogP contribution in [0.3, 0.4) is 0 Å². The zero-order valence-electron chi connectivity index (χ0n) is 10.9. The minimum absolute atomic E-state index is 0.717. The lowest BCUT2D eigenvalue weighted by atomic mass is 10.2. The largest absolute Gasteiger partial charge is 0.309 e. The van der Waals surface area contributed by atoms with Crippen molar-refractivity contribution in [2.75, 3.05) is 53.4 Å². The zero-order chi connectivity index (χ0) is 11.3. The van der Waals surface area contributed by atoms with Crippen molar-refractivity contribution in [3.05, 3.63) is 0 Å². The molecule has 0 aromatic carbocycles. The Balaban J connectivity index is 2.09. The molecular weight excluding hydrogens is 186 g/mol. The SMILES string of the molecule is CC(C)N1CCN(CCCN(C)C)CC1. The molecule has 1 fully saturated rings. The first kappa shape index (κ1) is 12.9. The molecule has 0 N–H and O–H groups in total. The van der Waals surface area contributed by atoms with E-state index in [4.69, 9.17) is 0 Å². The van der Waals surface area contributed by atoms with Gasteiger partial charge in [0.25, 0.3) is 0 Å². The molecule has 0 spiro atoms. The van der Waals surface area contributed by atoms with Gasteiger partial charge in [-0.3, -0.25) is 4.90 Å². The lowest BCUT2D eigenvalue weighted by Crippen LogP contribution is -2.49. The van der Waals surface area contributed by atoms with Gasteiger partial charge in [0.05, 0.1) is 0 Å². The molecule has 0 aromatic heterocycles. The Labute approximate surface area is 95.0 Å². The summed E-state index contributed by atoms with van der Waals surface area (Å²) in [6, 6.07) is 0.717. The van der Waals surface area contributed by atoms with Crippen LogP contribution in [-0.4, -0.2) is 74.1 Å². The third kappa shape index (κ3) is 4.96. The highest BCUT2D eigenvalue weighted by atomic mass is 15.3. The molecule has 1 aliphatic rings. The van der Waals surface area contributed by atoms with Crippen LogP contribution in [0.1, 0.15) is 20.3 Å². The second-order valence-electron chi connectivity index (χ2n) is 5.13. The lowest BCUT2D eigenvalue weighted by Gasteiger charge is -2.37. The summed E-state index contributed by atoms with van der Waals surface area (Å²) in [6.45, 7) is 12.1. The molecule has 1 saturated heterocycles. The quantitative estimate of drug-likeness (QED) is 0.673. The van der Waals surface area contributed by atoms with Gasteiger partial charge in [-0.1, -0.05) is 0 Å². The smallest absolute Gasteiger partial charge is 0.0113 e. The normalized spacial score (nSPS) is 20.4. The van der Waals surface area contributed by atoms with Crippen molar-refractivity contribution in [1.82, 2.24) is 14.7 Å². The number of hydrogen-bond donors (Lipinski definition) is 0. The first-order valence-corrected chi connectivity index (χ1v) is 6.20.